The van der Waals surface area contributed by atoms with Gasteiger partial charge in [-0.3, -0.25) is 0 Å². The van der Waals surface area contributed by atoms with Gasteiger partial charge in [0.25, 0.3) is 0 Å². The molecule has 19 heavy (non-hydrogen) atoms. The standard InChI is InChI=1S/C19H18/c1-12(2)16-10-8-15-7-6-13-4-3-5-14-9-11-17(16)19(15)18(13)14/h3-7,10-12H,8-9H2,1-2H3. The maximum Gasteiger partial charge on any atom is -0.00673 e. The van der Waals surface area contributed by atoms with Crippen LogP contribution in [0.15, 0.2) is 48.1 Å². The van der Waals surface area contributed by atoms with Gasteiger partial charge in [0.1, 0.15) is 0 Å². The van der Waals surface area contributed by atoms with E-state index in [9.17, 15) is 0 Å². The fourth-order valence-corrected chi connectivity index (χ4v) is 3.60. The molecule has 0 aromatic heterocycles. The lowest BCUT2D eigenvalue weighted by Crippen LogP contribution is -2.11. The average Bonchev–Trinajstić information content (AvgIpc) is 2.44. The molecule has 4 rings (SSSR count). The molecule has 0 spiro atoms. The summed E-state index contributed by atoms with van der Waals surface area (Å²) in [6, 6.07) is 11.3. The Hall–Kier alpha value is -1.82. The molecule has 0 heterocycles. The minimum atomic E-state index is 0.611. The van der Waals surface area contributed by atoms with Crippen LogP contribution in [0.5, 0.6) is 0 Å². The summed E-state index contributed by atoms with van der Waals surface area (Å²) in [5.74, 6) is 0.611. The van der Waals surface area contributed by atoms with E-state index in [2.05, 4.69) is 56.3 Å². The van der Waals surface area contributed by atoms with Gasteiger partial charge in [0.15, 0.2) is 0 Å². The smallest absolute Gasteiger partial charge is 0.00673 e. The predicted molar refractivity (Wildman–Crippen MR) is 82.3 cm³/mol. The Morgan fingerprint density at radius 2 is 1.74 bits per heavy atom. The van der Waals surface area contributed by atoms with Crippen LogP contribution in [0.25, 0.3) is 16.3 Å². The first-order valence-corrected chi connectivity index (χ1v) is 7.20. The van der Waals surface area contributed by atoms with E-state index in [0.717, 1.165) is 12.8 Å². The highest BCUT2D eigenvalue weighted by atomic mass is 14.3. The molecule has 0 aliphatic heterocycles. The second kappa shape index (κ2) is 3.84. The molecule has 0 heteroatoms. The van der Waals surface area contributed by atoms with E-state index in [0.29, 0.717) is 5.92 Å². The molecule has 2 aliphatic rings. The first-order valence-electron chi connectivity index (χ1n) is 7.20. The fourth-order valence-electron chi connectivity index (χ4n) is 3.60. The molecule has 94 valence electrons. The molecule has 0 bridgehead atoms. The molecule has 0 saturated heterocycles. The van der Waals surface area contributed by atoms with Crippen LogP contribution in [-0.2, 0) is 12.8 Å². The molecule has 2 aromatic carbocycles. The third-order valence-corrected chi connectivity index (χ3v) is 4.49. The van der Waals surface area contributed by atoms with Crippen LogP contribution < -0.4 is 0 Å². The summed E-state index contributed by atoms with van der Waals surface area (Å²) in [5.41, 5.74) is 7.54. The van der Waals surface area contributed by atoms with Crippen molar-refractivity contribution in [1.29, 1.82) is 0 Å². The van der Waals surface area contributed by atoms with Crippen LogP contribution >= 0.6 is 0 Å². The lowest BCUT2D eigenvalue weighted by Gasteiger charge is -2.28. The van der Waals surface area contributed by atoms with Crippen molar-refractivity contribution < 1.29 is 0 Å². The van der Waals surface area contributed by atoms with E-state index in [1.165, 1.54) is 38.6 Å². The Morgan fingerprint density at radius 1 is 0.895 bits per heavy atom. The van der Waals surface area contributed by atoms with E-state index in [1.54, 1.807) is 0 Å². The molecule has 0 unspecified atom stereocenters. The topological polar surface area (TPSA) is 0 Å². The van der Waals surface area contributed by atoms with Gasteiger partial charge in [-0.05, 0) is 57.4 Å². The van der Waals surface area contributed by atoms with Crippen molar-refractivity contribution in [1.82, 2.24) is 0 Å². The quantitative estimate of drug-likeness (QED) is 0.670. The van der Waals surface area contributed by atoms with E-state index < -0.39 is 0 Å². The Morgan fingerprint density at radius 3 is 2.58 bits per heavy atom. The second-order valence-corrected chi connectivity index (χ2v) is 5.96. The average molecular weight is 246 g/mol. The fraction of sp³-hybridized carbons (Fsp3) is 0.263. The lowest BCUT2D eigenvalue weighted by molar-refractivity contribution is 0.786. The Labute approximate surface area is 114 Å². The molecule has 2 aromatic rings. The van der Waals surface area contributed by atoms with Crippen molar-refractivity contribution in [2.24, 2.45) is 5.92 Å². The van der Waals surface area contributed by atoms with Gasteiger partial charge in [-0.1, -0.05) is 56.3 Å². The molecule has 0 N–H and O–H groups in total. The first-order chi connectivity index (χ1) is 9.25. The molecule has 2 aliphatic carbocycles. The molecule has 0 atom stereocenters. The van der Waals surface area contributed by atoms with Crippen molar-refractivity contribution >= 4 is 16.3 Å². The highest BCUT2D eigenvalue weighted by Crippen LogP contribution is 2.43. The van der Waals surface area contributed by atoms with Crippen molar-refractivity contribution in [3.63, 3.8) is 0 Å². The van der Waals surface area contributed by atoms with E-state index in [1.807, 2.05) is 0 Å². The second-order valence-electron chi connectivity index (χ2n) is 5.96. The van der Waals surface area contributed by atoms with Gasteiger partial charge >= 0.3 is 0 Å². The molecule has 0 nitrogen and oxygen atoms in total. The Kier molecular flexibility index (Phi) is 2.23. The predicted octanol–water partition coefficient (Wildman–Crippen LogP) is 4.92. The number of rotatable bonds is 1. The van der Waals surface area contributed by atoms with Crippen molar-refractivity contribution in [3.8, 4) is 0 Å². The van der Waals surface area contributed by atoms with Gasteiger partial charge in [-0.15, -0.1) is 0 Å². The molecule has 0 amide bonds. The van der Waals surface area contributed by atoms with E-state index in [4.69, 9.17) is 0 Å². The number of hydrogen-bond acceptors (Lipinski definition) is 0. The zero-order chi connectivity index (χ0) is 13.0. The largest absolute Gasteiger partial charge is 0.0760 e. The van der Waals surface area contributed by atoms with Gasteiger partial charge in [0, 0.05) is 0 Å². The monoisotopic (exact) mass is 246 g/mol. The third kappa shape index (κ3) is 1.46. The number of hydrogen-bond donors (Lipinski definition) is 0. The minimum absolute atomic E-state index is 0.611. The van der Waals surface area contributed by atoms with Crippen LogP contribution in [0.4, 0.5) is 0 Å². The summed E-state index contributed by atoms with van der Waals surface area (Å²) in [4.78, 5) is 0. The highest BCUT2D eigenvalue weighted by Gasteiger charge is 2.24. The maximum absolute atomic E-state index is 2.44. The summed E-state index contributed by atoms with van der Waals surface area (Å²) in [5, 5.41) is 2.90. The van der Waals surface area contributed by atoms with Gasteiger partial charge in [-0.2, -0.15) is 0 Å². The molecule has 0 saturated carbocycles. The molecule has 0 radical (unpaired) electrons. The van der Waals surface area contributed by atoms with Gasteiger partial charge in [-0.25, -0.2) is 0 Å². The summed E-state index contributed by atoms with van der Waals surface area (Å²) < 4.78 is 0. The van der Waals surface area contributed by atoms with Gasteiger partial charge in [0.05, 0.1) is 0 Å². The summed E-state index contributed by atoms with van der Waals surface area (Å²) in [6.07, 6.45) is 7.03. The van der Waals surface area contributed by atoms with Gasteiger partial charge in [0.2, 0.25) is 0 Å². The van der Waals surface area contributed by atoms with E-state index >= 15 is 0 Å². The van der Waals surface area contributed by atoms with Gasteiger partial charge < -0.3 is 0 Å². The number of benzene rings is 2. The molecule has 0 fully saturated rings. The molecular formula is C19H18. The van der Waals surface area contributed by atoms with Crippen LogP contribution in [0, 0.1) is 5.92 Å². The normalized spacial score (nSPS) is 16.6. The number of allylic oxidation sites excluding steroid dienone is 4. The zero-order valence-electron chi connectivity index (χ0n) is 11.5. The Bertz CT molecular complexity index is 742. The summed E-state index contributed by atoms with van der Waals surface area (Å²) in [7, 11) is 0. The van der Waals surface area contributed by atoms with E-state index in [-0.39, 0.29) is 0 Å². The third-order valence-electron chi connectivity index (χ3n) is 4.49. The van der Waals surface area contributed by atoms with Crippen LogP contribution in [-0.4, -0.2) is 0 Å². The zero-order valence-corrected chi connectivity index (χ0v) is 11.5. The Balaban J connectivity index is 2.09. The SMILES string of the molecule is CC(C)C1=CCc2ccc3cccc4c3c2C1=CC4. The lowest BCUT2D eigenvalue weighted by atomic mass is 9.76. The van der Waals surface area contributed by atoms with Crippen molar-refractivity contribution in [2.75, 3.05) is 0 Å². The maximum atomic E-state index is 2.44. The van der Waals surface area contributed by atoms with Crippen LogP contribution in [0.3, 0.4) is 0 Å². The van der Waals surface area contributed by atoms with Crippen molar-refractivity contribution in [2.45, 2.75) is 26.7 Å². The molecular weight excluding hydrogens is 228 g/mol. The van der Waals surface area contributed by atoms with Crippen molar-refractivity contribution in [3.05, 3.63) is 64.7 Å². The minimum Gasteiger partial charge on any atom is -0.0760 e. The highest BCUT2D eigenvalue weighted by molar-refractivity contribution is 6.03. The van der Waals surface area contributed by atoms with Crippen LogP contribution in [0.2, 0.25) is 0 Å². The summed E-state index contributed by atoms with van der Waals surface area (Å²) >= 11 is 0. The summed E-state index contributed by atoms with van der Waals surface area (Å²) in [6.45, 7) is 4.61. The first kappa shape index (κ1) is 11.0. The van der Waals surface area contributed by atoms with Crippen LogP contribution in [0.1, 0.15) is 30.5 Å².